The molecule has 3 aromatic rings. The highest BCUT2D eigenvalue weighted by atomic mass is 35.5. The van der Waals surface area contributed by atoms with Crippen molar-refractivity contribution in [2.45, 2.75) is 52.0 Å². The summed E-state index contributed by atoms with van der Waals surface area (Å²) in [5, 5.41) is 14.3. The summed E-state index contributed by atoms with van der Waals surface area (Å²) in [7, 11) is 0. The van der Waals surface area contributed by atoms with Crippen LogP contribution in [0.15, 0.2) is 30.5 Å². The second-order valence-corrected chi connectivity index (χ2v) is 8.10. The molecule has 2 atom stereocenters. The lowest BCUT2D eigenvalue weighted by Gasteiger charge is -2.21. The molecule has 31 heavy (non-hydrogen) atoms. The van der Waals surface area contributed by atoms with E-state index in [0.717, 1.165) is 19.3 Å². The lowest BCUT2D eigenvalue weighted by atomic mass is 10.1. The Morgan fingerprint density at radius 3 is 2.65 bits per heavy atom. The second kappa shape index (κ2) is 10.6. The molecule has 0 radical (unpaired) electrons. The fourth-order valence-electron chi connectivity index (χ4n) is 3.43. The molecule has 2 unspecified atom stereocenters. The molecule has 9 heteroatoms. The third-order valence-corrected chi connectivity index (χ3v) is 5.63. The maximum absolute atomic E-state index is 13.9. The van der Waals surface area contributed by atoms with E-state index < -0.39 is 17.9 Å². The molecule has 0 fully saturated rings. The summed E-state index contributed by atoms with van der Waals surface area (Å²) in [6.07, 6.45) is 3.41. The molecule has 1 aromatic carbocycles. The van der Waals surface area contributed by atoms with E-state index in [1.54, 1.807) is 17.5 Å². The number of aromatic nitrogens is 2. The van der Waals surface area contributed by atoms with Gasteiger partial charge in [-0.05, 0) is 25.5 Å². The number of aryl methyl sites for hydroxylation is 1. The van der Waals surface area contributed by atoms with Gasteiger partial charge in [-0.15, -0.1) is 11.6 Å². The fourth-order valence-corrected chi connectivity index (χ4v) is 3.87. The summed E-state index contributed by atoms with van der Waals surface area (Å²) in [5.41, 5.74) is 1.25. The number of nitrogens with zero attached hydrogens (tertiary/aromatic N) is 2. The van der Waals surface area contributed by atoms with Gasteiger partial charge in [-0.3, -0.25) is 9.72 Å². The number of rotatable bonds is 10. The number of alkyl halides is 1. The maximum Gasteiger partial charge on any atom is 0.180 e. The predicted molar refractivity (Wildman–Crippen MR) is 118 cm³/mol. The van der Waals surface area contributed by atoms with E-state index in [1.807, 2.05) is 0 Å². The third kappa shape index (κ3) is 5.47. The SMILES string of the molecule is CCCCC(CCl)NC(O)c1c(C)nc2c(OCc3c(F)cccc3F)cc(Cl)cn12. The molecule has 0 saturated carbocycles. The number of ether oxygens (including phenoxy) is 1. The first-order chi connectivity index (χ1) is 14.8. The van der Waals surface area contributed by atoms with Gasteiger partial charge in [0.05, 0.1) is 22.0 Å². The van der Waals surface area contributed by atoms with E-state index in [0.29, 0.717) is 27.9 Å². The van der Waals surface area contributed by atoms with E-state index in [4.69, 9.17) is 27.9 Å². The number of aliphatic hydroxyl groups is 1. The Kier molecular flexibility index (Phi) is 8.11. The van der Waals surface area contributed by atoms with Crippen LogP contribution in [0.25, 0.3) is 5.65 Å². The van der Waals surface area contributed by atoms with Crippen LogP contribution >= 0.6 is 23.2 Å². The van der Waals surface area contributed by atoms with Gasteiger partial charge in [0.15, 0.2) is 11.4 Å². The van der Waals surface area contributed by atoms with Crippen LogP contribution in [-0.2, 0) is 6.61 Å². The third-order valence-electron chi connectivity index (χ3n) is 5.05. The number of unbranched alkanes of at least 4 members (excludes halogenated alkanes) is 1. The molecule has 0 aliphatic heterocycles. The van der Waals surface area contributed by atoms with Crippen molar-refractivity contribution in [1.29, 1.82) is 0 Å². The summed E-state index contributed by atoms with van der Waals surface area (Å²) >= 11 is 12.3. The Morgan fingerprint density at radius 2 is 2.00 bits per heavy atom. The van der Waals surface area contributed by atoms with Gasteiger partial charge in [-0.1, -0.05) is 37.4 Å². The summed E-state index contributed by atoms with van der Waals surface area (Å²) in [6.45, 7) is 3.51. The van der Waals surface area contributed by atoms with Crippen LogP contribution in [0, 0.1) is 18.6 Å². The van der Waals surface area contributed by atoms with Crippen LogP contribution in [0.5, 0.6) is 5.75 Å². The zero-order valence-electron chi connectivity index (χ0n) is 17.3. The van der Waals surface area contributed by atoms with Gasteiger partial charge in [0.25, 0.3) is 0 Å². The van der Waals surface area contributed by atoms with Crippen molar-refractivity contribution in [3.8, 4) is 5.75 Å². The smallest absolute Gasteiger partial charge is 0.180 e. The van der Waals surface area contributed by atoms with Gasteiger partial charge >= 0.3 is 0 Å². The average molecular weight is 472 g/mol. The van der Waals surface area contributed by atoms with Crippen molar-refractivity contribution in [2.24, 2.45) is 0 Å². The molecular formula is C22H25Cl2F2N3O2. The van der Waals surface area contributed by atoms with Gasteiger partial charge < -0.3 is 9.84 Å². The molecule has 5 nitrogen and oxygen atoms in total. The zero-order valence-corrected chi connectivity index (χ0v) is 18.9. The predicted octanol–water partition coefficient (Wildman–Crippen LogP) is 5.53. The molecule has 2 aromatic heterocycles. The van der Waals surface area contributed by atoms with Crippen LogP contribution < -0.4 is 10.1 Å². The number of pyridine rings is 1. The minimum Gasteiger partial charge on any atom is -0.485 e. The molecule has 2 heterocycles. The molecule has 0 aliphatic rings. The number of halogens is 4. The first-order valence-corrected chi connectivity index (χ1v) is 11.0. The summed E-state index contributed by atoms with van der Waals surface area (Å²) < 4.78 is 35.2. The van der Waals surface area contributed by atoms with Crippen molar-refractivity contribution in [3.05, 3.63) is 64.1 Å². The molecule has 0 amide bonds. The summed E-state index contributed by atoms with van der Waals surface area (Å²) in [6, 6.07) is 5.08. The quantitative estimate of drug-likeness (QED) is 0.301. The minimum atomic E-state index is -1.04. The Hall–Kier alpha value is -1.93. The first kappa shape index (κ1) is 23.7. The number of hydrogen-bond acceptors (Lipinski definition) is 4. The van der Waals surface area contributed by atoms with Crippen LogP contribution in [0.4, 0.5) is 8.78 Å². The fraction of sp³-hybridized carbons (Fsp3) is 0.409. The minimum absolute atomic E-state index is 0.0690. The Labute approximate surface area is 190 Å². The highest BCUT2D eigenvalue weighted by Gasteiger charge is 2.22. The number of fused-ring (bicyclic) bond motifs is 1. The van der Waals surface area contributed by atoms with Crippen LogP contribution in [0.2, 0.25) is 5.02 Å². The number of hydrogen-bond donors (Lipinski definition) is 2. The molecule has 0 spiro atoms. The largest absolute Gasteiger partial charge is 0.485 e. The second-order valence-electron chi connectivity index (χ2n) is 7.35. The van der Waals surface area contributed by atoms with E-state index in [2.05, 4.69) is 17.2 Å². The zero-order chi connectivity index (χ0) is 22.5. The lowest BCUT2D eigenvalue weighted by Crippen LogP contribution is -2.35. The highest BCUT2D eigenvalue weighted by Crippen LogP contribution is 2.30. The number of aliphatic hydroxyl groups excluding tert-OH is 1. The van der Waals surface area contributed by atoms with E-state index in [9.17, 15) is 13.9 Å². The van der Waals surface area contributed by atoms with Gasteiger partial charge in [0.1, 0.15) is 24.5 Å². The molecule has 0 bridgehead atoms. The summed E-state index contributed by atoms with van der Waals surface area (Å²) in [4.78, 5) is 4.49. The number of nitrogens with one attached hydrogen (secondary N) is 1. The van der Waals surface area contributed by atoms with Crippen LogP contribution in [0.1, 0.15) is 49.4 Å². The lowest BCUT2D eigenvalue weighted by molar-refractivity contribution is 0.118. The van der Waals surface area contributed by atoms with Gasteiger partial charge in [0.2, 0.25) is 0 Å². The first-order valence-electron chi connectivity index (χ1n) is 10.1. The van der Waals surface area contributed by atoms with Crippen molar-refractivity contribution in [3.63, 3.8) is 0 Å². The van der Waals surface area contributed by atoms with Crippen LogP contribution in [0.3, 0.4) is 0 Å². The van der Waals surface area contributed by atoms with Crippen molar-refractivity contribution < 1.29 is 18.6 Å². The van der Waals surface area contributed by atoms with Crippen molar-refractivity contribution in [2.75, 3.05) is 5.88 Å². The van der Waals surface area contributed by atoms with Gasteiger partial charge in [-0.25, -0.2) is 13.8 Å². The number of benzene rings is 1. The normalized spacial score (nSPS) is 13.5. The standard InChI is InChI=1S/C22H25Cl2F2N3O2/c1-3-4-6-15(10-23)28-22(30)20-13(2)27-21-19(9-14(24)11-29(20)21)31-12-16-17(25)7-5-8-18(16)26/h5,7-9,11,15,22,28,30H,3-4,6,10,12H2,1-2H3. The molecular weight excluding hydrogens is 447 g/mol. The summed E-state index contributed by atoms with van der Waals surface area (Å²) in [5.74, 6) is -0.790. The topological polar surface area (TPSA) is 58.8 Å². The van der Waals surface area contributed by atoms with Crippen molar-refractivity contribution in [1.82, 2.24) is 14.7 Å². The van der Waals surface area contributed by atoms with Gasteiger partial charge in [0, 0.05) is 24.2 Å². The Morgan fingerprint density at radius 1 is 1.29 bits per heavy atom. The highest BCUT2D eigenvalue weighted by molar-refractivity contribution is 6.30. The number of imidazole rings is 1. The van der Waals surface area contributed by atoms with E-state index >= 15 is 0 Å². The Bertz CT molecular complexity index is 1030. The van der Waals surface area contributed by atoms with E-state index in [-0.39, 0.29) is 24.0 Å². The van der Waals surface area contributed by atoms with Crippen molar-refractivity contribution >= 4 is 28.8 Å². The monoisotopic (exact) mass is 471 g/mol. The Balaban J connectivity index is 1.90. The maximum atomic E-state index is 13.9. The molecule has 3 rings (SSSR count). The molecule has 168 valence electrons. The molecule has 2 N–H and O–H groups in total. The van der Waals surface area contributed by atoms with Crippen LogP contribution in [-0.4, -0.2) is 26.4 Å². The molecule has 0 aliphatic carbocycles. The molecule has 0 saturated heterocycles. The average Bonchev–Trinajstić information content (AvgIpc) is 3.06. The van der Waals surface area contributed by atoms with Gasteiger partial charge in [-0.2, -0.15) is 0 Å². The van der Waals surface area contributed by atoms with E-state index in [1.165, 1.54) is 24.3 Å².